The van der Waals surface area contributed by atoms with Crippen molar-refractivity contribution in [1.82, 2.24) is 0 Å². The molecule has 29 heavy (non-hydrogen) atoms. The number of aryl methyl sites for hydroxylation is 2. The molecule has 0 amide bonds. The third-order valence-electron chi connectivity index (χ3n) is 4.74. The van der Waals surface area contributed by atoms with Gasteiger partial charge in [0.05, 0.1) is 11.1 Å². The maximum absolute atomic E-state index is 12.5. The summed E-state index contributed by atoms with van der Waals surface area (Å²) in [5.74, 6) is 0.104. The van der Waals surface area contributed by atoms with Crippen molar-refractivity contribution in [1.29, 1.82) is 0 Å². The van der Waals surface area contributed by atoms with Crippen LogP contribution >= 0.6 is 22.6 Å². The molecule has 3 aromatic rings. The minimum Gasteiger partial charge on any atom is -0.423 e. The highest BCUT2D eigenvalue weighted by atomic mass is 127. The molecular weight excluding hydrogens is 479 g/mol. The van der Waals surface area contributed by atoms with Crippen LogP contribution in [0.5, 0.6) is 11.5 Å². The zero-order chi connectivity index (χ0) is 21.1. The molecule has 0 saturated carbocycles. The van der Waals surface area contributed by atoms with Gasteiger partial charge in [-0.15, -0.1) is 0 Å². The summed E-state index contributed by atoms with van der Waals surface area (Å²) in [5, 5.41) is 0. The van der Waals surface area contributed by atoms with Crippen LogP contribution in [-0.2, 0) is 0 Å². The maximum atomic E-state index is 12.5. The number of ether oxygens (including phenoxy) is 2. The first kappa shape index (κ1) is 21.0. The standard InChI is InChI=1S/C24H21IO4/c1-14-5-7-18(8-6-14)24(27)29-22-15(2)13-21(16(3)17(22)4)28-23(26)19-9-11-20(25)12-10-19/h5-13H,1-4H3. The van der Waals surface area contributed by atoms with Crippen LogP contribution in [0.1, 0.15) is 43.0 Å². The highest BCUT2D eigenvalue weighted by molar-refractivity contribution is 14.1. The van der Waals surface area contributed by atoms with Gasteiger partial charge in [0, 0.05) is 3.57 Å². The molecule has 0 N–H and O–H groups in total. The number of rotatable bonds is 4. The fraction of sp³-hybridized carbons (Fsp3) is 0.167. The fourth-order valence-corrected chi connectivity index (χ4v) is 3.23. The first-order valence-electron chi connectivity index (χ1n) is 9.13. The topological polar surface area (TPSA) is 52.6 Å². The van der Waals surface area contributed by atoms with Gasteiger partial charge in [0.25, 0.3) is 0 Å². The first-order valence-corrected chi connectivity index (χ1v) is 10.2. The minimum atomic E-state index is -0.423. The molecule has 3 rings (SSSR count). The summed E-state index contributed by atoms with van der Waals surface area (Å²) in [6, 6.07) is 16.1. The van der Waals surface area contributed by atoms with Gasteiger partial charge in [0.15, 0.2) is 0 Å². The van der Waals surface area contributed by atoms with Gasteiger partial charge >= 0.3 is 11.9 Å². The quantitative estimate of drug-likeness (QED) is 0.252. The van der Waals surface area contributed by atoms with Gasteiger partial charge in [-0.25, -0.2) is 9.59 Å². The summed E-state index contributed by atoms with van der Waals surface area (Å²) < 4.78 is 12.3. The van der Waals surface area contributed by atoms with Gasteiger partial charge in [0.2, 0.25) is 0 Å². The normalized spacial score (nSPS) is 10.5. The number of hydrogen-bond donors (Lipinski definition) is 0. The molecule has 5 heteroatoms. The monoisotopic (exact) mass is 500 g/mol. The Hall–Kier alpha value is -2.67. The molecule has 0 radical (unpaired) electrons. The van der Waals surface area contributed by atoms with Crippen LogP contribution in [0.15, 0.2) is 54.6 Å². The van der Waals surface area contributed by atoms with Crippen molar-refractivity contribution in [3.05, 3.63) is 91.5 Å². The molecule has 0 bridgehead atoms. The van der Waals surface area contributed by atoms with E-state index in [-0.39, 0.29) is 0 Å². The molecule has 4 nitrogen and oxygen atoms in total. The zero-order valence-electron chi connectivity index (χ0n) is 16.7. The average Bonchev–Trinajstić information content (AvgIpc) is 2.70. The van der Waals surface area contributed by atoms with Gasteiger partial charge in [-0.2, -0.15) is 0 Å². The smallest absolute Gasteiger partial charge is 0.343 e. The molecule has 0 fully saturated rings. The molecule has 0 atom stereocenters. The van der Waals surface area contributed by atoms with Crippen molar-refractivity contribution >= 4 is 34.5 Å². The van der Waals surface area contributed by atoms with Gasteiger partial charge in [-0.1, -0.05) is 17.7 Å². The molecule has 0 heterocycles. The summed E-state index contributed by atoms with van der Waals surface area (Å²) in [7, 11) is 0. The molecule has 3 aromatic carbocycles. The van der Waals surface area contributed by atoms with E-state index in [4.69, 9.17) is 9.47 Å². The second-order valence-corrected chi connectivity index (χ2v) is 8.17. The van der Waals surface area contributed by atoms with Crippen molar-refractivity contribution in [2.24, 2.45) is 0 Å². The summed E-state index contributed by atoms with van der Waals surface area (Å²) in [5.41, 5.74) is 4.27. The van der Waals surface area contributed by atoms with Crippen molar-refractivity contribution in [2.45, 2.75) is 27.7 Å². The summed E-state index contributed by atoms with van der Waals surface area (Å²) >= 11 is 2.18. The molecule has 0 aromatic heterocycles. The van der Waals surface area contributed by atoms with E-state index >= 15 is 0 Å². The van der Waals surface area contributed by atoms with E-state index in [0.717, 1.165) is 25.8 Å². The summed E-state index contributed by atoms with van der Waals surface area (Å²) in [4.78, 5) is 25.0. The number of hydrogen-bond acceptors (Lipinski definition) is 4. The van der Waals surface area contributed by atoms with Crippen molar-refractivity contribution in [3.63, 3.8) is 0 Å². The van der Waals surface area contributed by atoms with Crippen LogP contribution in [0.2, 0.25) is 0 Å². The summed E-state index contributed by atoms with van der Waals surface area (Å²) in [6.45, 7) is 7.48. The van der Waals surface area contributed by atoms with Crippen LogP contribution < -0.4 is 9.47 Å². The largest absolute Gasteiger partial charge is 0.423 e. The lowest BCUT2D eigenvalue weighted by molar-refractivity contribution is 0.0716. The fourth-order valence-electron chi connectivity index (χ4n) is 2.87. The van der Waals surface area contributed by atoms with E-state index in [9.17, 15) is 9.59 Å². The van der Waals surface area contributed by atoms with Crippen LogP contribution in [0.3, 0.4) is 0 Å². The highest BCUT2D eigenvalue weighted by Crippen LogP contribution is 2.34. The van der Waals surface area contributed by atoms with E-state index in [1.54, 1.807) is 30.3 Å². The Bertz CT molecular complexity index is 1070. The van der Waals surface area contributed by atoms with E-state index in [1.807, 2.05) is 52.0 Å². The number of benzene rings is 3. The highest BCUT2D eigenvalue weighted by Gasteiger charge is 2.19. The molecule has 0 aliphatic rings. The van der Waals surface area contributed by atoms with Crippen LogP contribution in [-0.4, -0.2) is 11.9 Å². The van der Waals surface area contributed by atoms with Crippen LogP contribution in [0.25, 0.3) is 0 Å². The first-order chi connectivity index (χ1) is 13.8. The molecule has 0 aliphatic heterocycles. The van der Waals surface area contributed by atoms with E-state index in [1.165, 1.54) is 0 Å². The molecule has 148 valence electrons. The average molecular weight is 500 g/mol. The number of carbonyl (C=O) groups excluding carboxylic acids is 2. The SMILES string of the molecule is Cc1ccc(C(=O)Oc2c(C)cc(OC(=O)c3ccc(I)cc3)c(C)c2C)cc1. The predicted octanol–water partition coefficient (Wildman–Crippen LogP) is 5.96. The molecular formula is C24H21IO4. The Morgan fingerprint density at radius 2 is 1.24 bits per heavy atom. The lowest BCUT2D eigenvalue weighted by Gasteiger charge is -2.16. The van der Waals surface area contributed by atoms with E-state index in [2.05, 4.69) is 22.6 Å². The second kappa shape index (κ2) is 8.78. The molecule has 0 aliphatic carbocycles. The summed E-state index contributed by atoms with van der Waals surface area (Å²) in [6.07, 6.45) is 0. The molecule has 0 unspecified atom stereocenters. The molecule has 0 spiro atoms. The van der Waals surface area contributed by atoms with E-state index < -0.39 is 11.9 Å². The maximum Gasteiger partial charge on any atom is 0.343 e. The van der Waals surface area contributed by atoms with Gasteiger partial charge < -0.3 is 9.47 Å². The third-order valence-corrected chi connectivity index (χ3v) is 5.46. The number of halogens is 1. The Kier molecular flexibility index (Phi) is 6.37. The van der Waals surface area contributed by atoms with Crippen molar-refractivity contribution in [3.8, 4) is 11.5 Å². The number of carbonyl (C=O) groups is 2. The Balaban J connectivity index is 1.84. The lowest BCUT2D eigenvalue weighted by Crippen LogP contribution is -2.13. The van der Waals surface area contributed by atoms with Crippen LogP contribution in [0, 0.1) is 31.3 Å². The van der Waals surface area contributed by atoms with Gasteiger partial charge in [-0.3, -0.25) is 0 Å². The Labute approximate surface area is 184 Å². The minimum absolute atomic E-state index is 0.417. The Morgan fingerprint density at radius 3 is 1.83 bits per heavy atom. The van der Waals surface area contributed by atoms with Gasteiger partial charge in [0.1, 0.15) is 11.5 Å². The Morgan fingerprint density at radius 1 is 0.724 bits per heavy atom. The van der Waals surface area contributed by atoms with Crippen LogP contribution in [0.4, 0.5) is 0 Å². The van der Waals surface area contributed by atoms with E-state index in [0.29, 0.717) is 22.6 Å². The predicted molar refractivity (Wildman–Crippen MR) is 121 cm³/mol. The second-order valence-electron chi connectivity index (χ2n) is 6.92. The van der Waals surface area contributed by atoms with Gasteiger partial charge in [-0.05, 0) is 109 Å². The lowest BCUT2D eigenvalue weighted by atomic mass is 10.0. The molecule has 0 saturated heterocycles. The zero-order valence-corrected chi connectivity index (χ0v) is 18.9. The number of esters is 2. The third kappa shape index (κ3) is 4.85. The van der Waals surface area contributed by atoms with Crippen molar-refractivity contribution < 1.29 is 19.1 Å². The van der Waals surface area contributed by atoms with Crippen molar-refractivity contribution in [2.75, 3.05) is 0 Å².